The van der Waals surface area contributed by atoms with Crippen LogP contribution in [-0.4, -0.2) is 15.4 Å². The van der Waals surface area contributed by atoms with Crippen LogP contribution in [0.15, 0.2) is 35.8 Å². The van der Waals surface area contributed by atoms with Gasteiger partial charge in [0.15, 0.2) is 0 Å². The van der Waals surface area contributed by atoms with Crippen LogP contribution in [0.4, 0.5) is 15.6 Å². The maximum absolute atomic E-state index is 11.4. The lowest BCUT2D eigenvalue weighted by Gasteiger charge is -2.15. The third-order valence-corrected chi connectivity index (χ3v) is 2.62. The highest BCUT2D eigenvalue weighted by atomic mass is 32.1. The van der Waals surface area contributed by atoms with E-state index in [2.05, 4.69) is 22.8 Å². The number of amides is 1. The number of carbonyl (C=O) groups excluding carboxylic acids is 1. The van der Waals surface area contributed by atoms with Crippen LogP contribution in [-0.2, 0) is 0 Å². The molecule has 0 bridgehead atoms. The first-order valence-corrected chi connectivity index (χ1v) is 5.46. The van der Waals surface area contributed by atoms with Gasteiger partial charge in [-0.1, -0.05) is 42.2 Å². The Bertz CT molecular complexity index is 444. The van der Waals surface area contributed by atoms with Crippen LogP contribution < -0.4 is 4.90 Å². The molecule has 0 aliphatic carbocycles. The van der Waals surface area contributed by atoms with E-state index in [9.17, 15) is 4.79 Å². The molecule has 2 rings (SSSR count). The minimum absolute atomic E-state index is 0.377. The molecule has 0 N–H and O–H groups in total. The average molecular weight is 237 g/mol. The van der Waals surface area contributed by atoms with E-state index in [0.717, 1.165) is 5.69 Å². The van der Waals surface area contributed by atoms with Gasteiger partial charge >= 0.3 is 0 Å². The summed E-state index contributed by atoms with van der Waals surface area (Å²) in [5, 5.41) is 7.67. The lowest BCUT2D eigenvalue weighted by Crippen LogP contribution is -2.19. The third kappa shape index (κ3) is 2.16. The molecule has 76 valence electrons. The molecule has 6 heteroatoms. The second kappa shape index (κ2) is 4.41. The van der Waals surface area contributed by atoms with Gasteiger partial charge in [-0.15, -0.1) is 10.2 Å². The van der Waals surface area contributed by atoms with Crippen LogP contribution in [0.25, 0.3) is 0 Å². The topological polar surface area (TPSA) is 46.1 Å². The normalized spacial score (nSPS) is 9.93. The fraction of sp³-hybridized carbons (Fsp3) is 0. The molecule has 1 aromatic heterocycles. The van der Waals surface area contributed by atoms with Crippen LogP contribution in [0.3, 0.4) is 0 Å². The van der Waals surface area contributed by atoms with Crippen LogP contribution in [0.5, 0.6) is 0 Å². The van der Waals surface area contributed by atoms with Crippen molar-refractivity contribution in [3.05, 3.63) is 35.8 Å². The molecule has 0 saturated heterocycles. The minimum atomic E-state index is -0.377. The summed E-state index contributed by atoms with van der Waals surface area (Å²) in [6.45, 7) is 0. The maximum atomic E-state index is 11.4. The van der Waals surface area contributed by atoms with E-state index in [1.807, 2.05) is 30.3 Å². The quantitative estimate of drug-likeness (QED) is 0.817. The molecule has 0 fully saturated rings. The zero-order chi connectivity index (χ0) is 10.7. The Balaban J connectivity index is 2.42. The van der Waals surface area contributed by atoms with Crippen LogP contribution in [0.2, 0.25) is 0 Å². The van der Waals surface area contributed by atoms with Crippen molar-refractivity contribution in [2.45, 2.75) is 0 Å². The molecule has 0 saturated carbocycles. The molecule has 1 aromatic carbocycles. The van der Waals surface area contributed by atoms with Gasteiger partial charge in [0, 0.05) is 0 Å². The number of carbonyl (C=O) groups is 1. The first kappa shape index (κ1) is 10.1. The summed E-state index contributed by atoms with van der Waals surface area (Å²) in [6.07, 6.45) is 0. The molecule has 15 heavy (non-hydrogen) atoms. The van der Waals surface area contributed by atoms with E-state index in [1.165, 1.54) is 16.2 Å². The Morgan fingerprint density at radius 3 is 2.60 bits per heavy atom. The predicted molar refractivity (Wildman–Crippen MR) is 62.9 cm³/mol. The Hall–Kier alpha value is -1.40. The fourth-order valence-corrected chi connectivity index (χ4v) is 2.00. The molecule has 0 spiro atoms. The van der Waals surface area contributed by atoms with E-state index >= 15 is 0 Å². The van der Waals surface area contributed by atoms with Crippen molar-refractivity contribution in [3.8, 4) is 0 Å². The fourth-order valence-electron chi connectivity index (χ4n) is 1.14. The van der Waals surface area contributed by atoms with E-state index in [-0.39, 0.29) is 5.24 Å². The second-order valence-corrected chi connectivity index (χ2v) is 3.87. The summed E-state index contributed by atoms with van der Waals surface area (Å²) in [5.74, 6) is 0. The number of benzene rings is 1. The summed E-state index contributed by atoms with van der Waals surface area (Å²) in [4.78, 5) is 12.8. The zero-order valence-corrected chi connectivity index (χ0v) is 9.28. The lowest BCUT2D eigenvalue weighted by molar-refractivity contribution is 0.267. The molecule has 1 heterocycles. The molecule has 0 unspecified atom stereocenters. The van der Waals surface area contributed by atoms with Gasteiger partial charge in [-0.3, -0.25) is 4.79 Å². The number of para-hydroxylation sites is 1. The standard InChI is InChI=1S/C9H7N3OS2/c13-9(14)12(8-11-10-6-15-8)7-4-2-1-3-5-7/h1-6H,(H,13,14). The molecule has 1 amide bonds. The summed E-state index contributed by atoms with van der Waals surface area (Å²) in [5.41, 5.74) is 2.30. The van der Waals surface area contributed by atoms with Gasteiger partial charge < -0.3 is 0 Å². The maximum Gasteiger partial charge on any atom is 0.289 e. The zero-order valence-electron chi connectivity index (χ0n) is 7.57. The van der Waals surface area contributed by atoms with Gasteiger partial charge in [-0.05, 0) is 12.1 Å². The summed E-state index contributed by atoms with van der Waals surface area (Å²) >= 11 is 5.10. The number of anilines is 2. The van der Waals surface area contributed by atoms with Crippen molar-refractivity contribution in [3.63, 3.8) is 0 Å². The molecule has 0 aliphatic rings. The van der Waals surface area contributed by atoms with Gasteiger partial charge in [0.25, 0.3) is 5.24 Å². The summed E-state index contributed by atoms with van der Waals surface area (Å²) in [7, 11) is 0. The van der Waals surface area contributed by atoms with Gasteiger partial charge in [-0.2, -0.15) is 0 Å². The number of thiol groups is 1. The highest BCUT2D eigenvalue weighted by Crippen LogP contribution is 2.27. The van der Waals surface area contributed by atoms with Crippen molar-refractivity contribution in [1.29, 1.82) is 0 Å². The Kier molecular flexibility index (Phi) is 2.98. The predicted octanol–water partition coefficient (Wildman–Crippen LogP) is 2.73. The Morgan fingerprint density at radius 2 is 2.07 bits per heavy atom. The molecule has 2 aromatic rings. The monoisotopic (exact) mass is 237 g/mol. The van der Waals surface area contributed by atoms with E-state index < -0.39 is 0 Å². The van der Waals surface area contributed by atoms with Gasteiger partial charge in [-0.25, -0.2) is 4.90 Å². The first-order chi connectivity index (χ1) is 7.29. The Morgan fingerprint density at radius 1 is 1.33 bits per heavy atom. The molecular formula is C9H7N3OS2. The van der Waals surface area contributed by atoms with Crippen molar-refractivity contribution in [2.75, 3.05) is 4.90 Å². The van der Waals surface area contributed by atoms with Gasteiger partial charge in [0.1, 0.15) is 5.51 Å². The molecule has 4 nitrogen and oxygen atoms in total. The van der Waals surface area contributed by atoms with Crippen molar-refractivity contribution < 1.29 is 4.79 Å². The average Bonchev–Trinajstić information content (AvgIpc) is 2.72. The highest BCUT2D eigenvalue weighted by Gasteiger charge is 2.17. The smallest absolute Gasteiger partial charge is 0.261 e. The summed E-state index contributed by atoms with van der Waals surface area (Å²) < 4.78 is 0. The van der Waals surface area contributed by atoms with Crippen molar-refractivity contribution in [2.24, 2.45) is 0 Å². The van der Waals surface area contributed by atoms with E-state index in [4.69, 9.17) is 0 Å². The second-order valence-electron chi connectivity index (χ2n) is 2.67. The first-order valence-electron chi connectivity index (χ1n) is 4.13. The number of aromatic nitrogens is 2. The number of hydrogen-bond donors (Lipinski definition) is 1. The molecule has 0 aliphatic heterocycles. The molecule has 0 atom stereocenters. The van der Waals surface area contributed by atoms with Crippen molar-refractivity contribution >= 4 is 40.0 Å². The molecular weight excluding hydrogens is 230 g/mol. The number of rotatable bonds is 2. The van der Waals surface area contributed by atoms with Crippen LogP contribution in [0, 0.1) is 0 Å². The van der Waals surface area contributed by atoms with E-state index in [1.54, 1.807) is 5.51 Å². The van der Waals surface area contributed by atoms with Crippen LogP contribution >= 0.6 is 24.0 Å². The third-order valence-electron chi connectivity index (χ3n) is 1.75. The molecule has 0 radical (unpaired) electrons. The van der Waals surface area contributed by atoms with Gasteiger partial charge in [0.2, 0.25) is 5.13 Å². The van der Waals surface area contributed by atoms with Crippen LogP contribution in [0.1, 0.15) is 0 Å². The summed E-state index contributed by atoms with van der Waals surface area (Å²) in [6, 6.07) is 9.20. The largest absolute Gasteiger partial charge is 0.289 e. The lowest BCUT2D eigenvalue weighted by atomic mass is 10.3. The minimum Gasteiger partial charge on any atom is -0.261 e. The Labute approximate surface area is 96.0 Å². The van der Waals surface area contributed by atoms with Crippen molar-refractivity contribution in [1.82, 2.24) is 10.2 Å². The van der Waals surface area contributed by atoms with Gasteiger partial charge in [0.05, 0.1) is 5.69 Å². The van der Waals surface area contributed by atoms with E-state index in [0.29, 0.717) is 5.13 Å². The highest BCUT2D eigenvalue weighted by molar-refractivity contribution is 7.97. The SMILES string of the molecule is O=C(S)N(c1ccccc1)c1nncs1. The number of nitrogens with zero attached hydrogens (tertiary/aromatic N) is 3. The number of hydrogen-bond acceptors (Lipinski definition) is 4.